The molecule has 1 aliphatic rings. The van der Waals surface area contributed by atoms with Crippen LogP contribution in [-0.2, 0) is 11.2 Å². The normalized spacial score (nSPS) is 18.2. The number of carboxylic acids is 1. The van der Waals surface area contributed by atoms with Gasteiger partial charge in [-0.05, 0) is 24.1 Å². The van der Waals surface area contributed by atoms with Crippen molar-refractivity contribution < 1.29 is 14.3 Å². The van der Waals surface area contributed by atoms with Gasteiger partial charge in [-0.15, -0.1) is 0 Å². The number of halogens is 1. The lowest BCUT2D eigenvalue weighted by Gasteiger charge is -2.34. The van der Waals surface area contributed by atoms with E-state index in [1.807, 2.05) is 0 Å². The summed E-state index contributed by atoms with van der Waals surface area (Å²) in [5.74, 6) is -1.05. The van der Waals surface area contributed by atoms with Gasteiger partial charge in [0.05, 0.1) is 6.42 Å². The predicted octanol–water partition coefficient (Wildman–Crippen LogP) is 1.12. The van der Waals surface area contributed by atoms with Crippen LogP contribution in [0.4, 0.5) is 4.39 Å². The van der Waals surface area contributed by atoms with Crippen molar-refractivity contribution in [2.45, 2.75) is 18.9 Å². The molecule has 0 bridgehead atoms. The summed E-state index contributed by atoms with van der Waals surface area (Å²) < 4.78 is 12.9. The summed E-state index contributed by atoms with van der Waals surface area (Å²) in [4.78, 5) is 13.2. The van der Waals surface area contributed by atoms with Crippen LogP contribution in [-0.4, -0.2) is 48.2 Å². The Kier molecular flexibility index (Phi) is 4.87. The average Bonchev–Trinajstić information content (AvgIpc) is 2.41. The molecule has 1 aromatic carbocycles. The van der Waals surface area contributed by atoms with Gasteiger partial charge >= 0.3 is 5.97 Å². The molecule has 0 aliphatic carbocycles. The van der Waals surface area contributed by atoms with Gasteiger partial charge in [0.2, 0.25) is 0 Å². The highest BCUT2D eigenvalue weighted by molar-refractivity contribution is 5.67. The molecule has 104 valence electrons. The monoisotopic (exact) mass is 266 g/mol. The quantitative estimate of drug-likeness (QED) is 0.838. The highest BCUT2D eigenvalue weighted by atomic mass is 19.1. The number of hydrogen-bond donors (Lipinski definition) is 2. The molecule has 1 aromatic rings. The highest BCUT2D eigenvalue weighted by Gasteiger charge is 2.23. The van der Waals surface area contributed by atoms with Crippen molar-refractivity contribution in [3.05, 3.63) is 35.6 Å². The smallest absolute Gasteiger partial charge is 0.304 e. The Morgan fingerprint density at radius 1 is 1.32 bits per heavy atom. The minimum Gasteiger partial charge on any atom is -0.481 e. The van der Waals surface area contributed by atoms with E-state index in [2.05, 4.69) is 10.2 Å². The molecule has 0 aromatic heterocycles. The Labute approximate surface area is 112 Å². The molecule has 2 N–H and O–H groups in total. The molecular weight excluding hydrogens is 247 g/mol. The third kappa shape index (κ3) is 4.29. The van der Waals surface area contributed by atoms with E-state index in [1.54, 1.807) is 12.1 Å². The van der Waals surface area contributed by atoms with E-state index in [-0.39, 0.29) is 18.3 Å². The molecule has 0 saturated carbocycles. The van der Waals surface area contributed by atoms with E-state index in [1.165, 1.54) is 12.1 Å². The SMILES string of the molecule is O=C(O)CC(Cc1ccc(F)cc1)N1CCNCC1. The minimum atomic E-state index is -0.786. The molecule has 1 atom stereocenters. The Morgan fingerprint density at radius 3 is 2.53 bits per heavy atom. The average molecular weight is 266 g/mol. The summed E-state index contributed by atoms with van der Waals surface area (Å²) in [5, 5.41) is 12.3. The second-order valence-electron chi connectivity index (χ2n) is 4.87. The van der Waals surface area contributed by atoms with Crippen LogP contribution in [0.5, 0.6) is 0 Å². The van der Waals surface area contributed by atoms with E-state index in [0.29, 0.717) is 6.42 Å². The van der Waals surface area contributed by atoms with Gasteiger partial charge in [-0.3, -0.25) is 9.69 Å². The van der Waals surface area contributed by atoms with Crippen molar-refractivity contribution in [2.75, 3.05) is 26.2 Å². The third-order valence-corrected chi connectivity index (χ3v) is 3.46. The zero-order valence-electron chi connectivity index (χ0n) is 10.8. The van der Waals surface area contributed by atoms with Crippen LogP contribution in [0.2, 0.25) is 0 Å². The first-order valence-electron chi connectivity index (χ1n) is 6.56. The lowest BCUT2D eigenvalue weighted by atomic mass is 10.0. The van der Waals surface area contributed by atoms with E-state index in [4.69, 9.17) is 5.11 Å². The minimum absolute atomic E-state index is 0.0231. The van der Waals surface area contributed by atoms with Crippen LogP contribution in [0.25, 0.3) is 0 Å². The lowest BCUT2D eigenvalue weighted by Crippen LogP contribution is -2.49. The largest absolute Gasteiger partial charge is 0.481 e. The summed E-state index contributed by atoms with van der Waals surface area (Å²) in [5.41, 5.74) is 0.978. The molecule has 19 heavy (non-hydrogen) atoms. The molecule has 1 aliphatic heterocycles. The third-order valence-electron chi connectivity index (χ3n) is 3.46. The Morgan fingerprint density at radius 2 is 1.95 bits per heavy atom. The van der Waals surface area contributed by atoms with Crippen molar-refractivity contribution in [2.24, 2.45) is 0 Å². The van der Waals surface area contributed by atoms with Crippen LogP contribution < -0.4 is 5.32 Å². The van der Waals surface area contributed by atoms with Gasteiger partial charge in [0.1, 0.15) is 5.82 Å². The van der Waals surface area contributed by atoms with E-state index in [9.17, 15) is 9.18 Å². The summed E-state index contributed by atoms with van der Waals surface area (Å²) >= 11 is 0. The molecule has 0 spiro atoms. The van der Waals surface area contributed by atoms with Gasteiger partial charge in [0.15, 0.2) is 0 Å². The fourth-order valence-electron chi connectivity index (χ4n) is 2.47. The van der Waals surface area contributed by atoms with Gasteiger partial charge in [0, 0.05) is 32.2 Å². The van der Waals surface area contributed by atoms with Crippen LogP contribution in [0.15, 0.2) is 24.3 Å². The number of aliphatic carboxylic acids is 1. The second-order valence-corrected chi connectivity index (χ2v) is 4.87. The molecule has 0 radical (unpaired) electrons. The first-order valence-corrected chi connectivity index (χ1v) is 6.56. The zero-order valence-corrected chi connectivity index (χ0v) is 10.8. The molecule has 1 heterocycles. The number of carbonyl (C=O) groups is 1. The maximum atomic E-state index is 12.9. The standard InChI is InChI=1S/C14H19FN2O2/c15-12-3-1-11(2-4-12)9-13(10-14(18)19)17-7-5-16-6-8-17/h1-4,13,16H,5-10H2,(H,18,19). The van der Waals surface area contributed by atoms with Crippen LogP contribution >= 0.6 is 0 Å². The number of nitrogens with zero attached hydrogens (tertiary/aromatic N) is 1. The van der Waals surface area contributed by atoms with E-state index >= 15 is 0 Å². The van der Waals surface area contributed by atoms with Crippen molar-refractivity contribution >= 4 is 5.97 Å². The van der Waals surface area contributed by atoms with Gasteiger partial charge in [0.25, 0.3) is 0 Å². The molecule has 1 saturated heterocycles. The fourth-order valence-corrected chi connectivity index (χ4v) is 2.47. The maximum absolute atomic E-state index is 12.9. The second kappa shape index (κ2) is 6.63. The summed E-state index contributed by atoms with van der Waals surface area (Å²) in [7, 11) is 0. The number of nitrogens with one attached hydrogen (secondary N) is 1. The van der Waals surface area contributed by atoms with Crippen molar-refractivity contribution in [3.8, 4) is 0 Å². The van der Waals surface area contributed by atoms with Crippen LogP contribution in [0, 0.1) is 5.82 Å². The molecule has 2 rings (SSSR count). The molecule has 1 fully saturated rings. The van der Waals surface area contributed by atoms with Crippen molar-refractivity contribution in [1.29, 1.82) is 0 Å². The summed E-state index contributed by atoms with van der Waals surface area (Å²) in [6, 6.07) is 6.28. The van der Waals surface area contributed by atoms with Gasteiger partial charge in [-0.2, -0.15) is 0 Å². The molecule has 0 amide bonds. The zero-order chi connectivity index (χ0) is 13.7. The fraction of sp³-hybridized carbons (Fsp3) is 0.500. The number of hydrogen-bond acceptors (Lipinski definition) is 3. The maximum Gasteiger partial charge on any atom is 0.304 e. The topological polar surface area (TPSA) is 52.6 Å². The van der Waals surface area contributed by atoms with Crippen LogP contribution in [0.1, 0.15) is 12.0 Å². The van der Waals surface area contributed by atoms with Crippen molar-refractivity contribution in [1.82, 2.24) is 10.2 Å². The Hall–Kier alpha value is -1.46. The van der Waals surface area contributed by atoms with Crippen LogP contribution in [0.3, 0.4) is 0 Å². The first kappa shape index (κ1) is 14.0. The number of piperazine rings is 1. The highest BCUT2D eigenvalue weighted by Crippen LogP contribution is 2.14. The Balaban J connectivity index is 2.03. The molecule has 5 heteroatoms. The molecule has 1 unspecified atom stereocenters. The van der Waals surface area contributed by atoms with E-state index in [0.717, 1.165) is 31.7 Å². The molecule has 4 nitrogen and oxygen atoms in total. The lowest BCUT2D eigenvalue weighted by molar-refractivity contribution is -0.138. The first-order chi connectivity index (χ1) is 9.15. The van der Waals surface area contributed by atoms with Crippen molar-refractivity contribution in [3.63, 3.8) is 0 Å². The van der Waals surface area contributed by atoms with Gasteiger partial charge in [-0.1, -0.05) is 12.1 Å². The Bertz CT molecular complexity index is 416. The summed E-state index contributed by atoms with van der Waals surface area (Å²) in [6.45, 7) is 3.50. The van der Waals surface area contributed by atoms with Gasteiger partial charge in [-0.25, -0.2) is 4.39 Å². The van der Waals surface area contributed by atoms with Gasteiger partial charge < -0.3 is 10.4 Å². The molecular formula is C14H19FN2O2. The number of rotatable bonds is 5. The predicted molar refractivity (Wildman–Crippen MR) is 70.6 cm³/mol. The number of carboxylic acid groups (broad SMARTS) is 1. The number of benzene rings is 1. The summed E-state index contributed by atoms with van der Waals surface area (Å²) in [6.07, 6.45) is 0.768. The van der Waals surface area contributed by atoms with E-state index < -0.39 is 5.97 Å².